The van der Waals surface area contributed by atoms with Crippen molar-refractivity contribution >= 4 is 17.9 Å². The van der Waals surface area contributed by atoms with Crippen LogP contribution in [-0.2, 0) is 28.6 Å². The van der Waals surface area contributed by atoms with Gasteiger partial charge >= 0.3 is 17.9 Å². The van der Waals surface area contributed by atoms with Gasteiger partial charge in [0.1, 0.15) is 13.2 Å². The number of hydrogen-bond donors (Lipinski definition) is 0. The second-order valence-electron chi connectivity index (χ2n) is 22.1. The fraction of sp³-hybridized carbons (Fsp3) is 0.952. The largest absolute Gasteiger partial charge is 0.462 e. The van der Waals surface area contributed by atoms with Crippen LogP contribution in [0.25, 0.3) is 0 Å². The van der Waals surface area contributed by atoms with Crippen LogP contribution in [0.4, 0.5) is 0 Å². The van der Waals surface area contributed by atoms with E-state index in [-0.39, 0.29) is 31.1 Å². The average molecular weight is 962 g/mol. The number of carbonyl (C=O) groups is 3. The lowest BCUT2D eigenvalue weighted by Gasteiger charge is -2.18. The highest BCUT2D eigenvalue weighted by atomic mass is 16.6. The second-order valence-corrected chi connectivity index (χ2v) is 22.1. The Morgan fingerprint density at radius 1 is 0.309 bits per heavy atom. The van der Waals surface area contributed by atoms with Gasteiger partial charge in [0.2, 0.25) is 0 Å². The van der Waals surface area contributed by atoms with E-state index in [1.54, 1.807) is 0 Å². The van der Waals surface area contributed by atoms with Gasteiger partial charge in [-0.3, -0.25) is 14.4 Å². The molecule has 6 nitrogen and oxygen atoms in total. The molecule has 0 radical (unpaired) electrons. The molecule has 0 aromatic heterocycles. The quantitative estimate of drug-likeness (QED) is 0.0343. The van der Waals surface area contributed by atoms with Gasteiger partial charge in [0.05, 0.1) is 0 Å². The normalized spacial score (nSPS) is 12.4. The summed E-state index contributed by atoms with van der Waals surface area (Å²) in [6, 6.07) is 0. The zero-order valence-corrected chi connectivity index (χ0v) is 46.7. The first kappa shape index (κ1) is 66.4. The molecule has 0 rings (SSSR count). The maximum absolute atomic E-state index is 12.9. The van der Waals surface area contributed by atoms with Crippen LogP contribution in [0.3, 0.4) is 0 Å². The molecule has 0 spiro atoms. The van der Waals surface area contributed by atoms with Gasteiger partial charge in [0.15, 0.2) is 6.10 Å². The maximum atomic E-state index is 12.9. The lowest BCUT2D eigenvalue weighted by molar-refractivity contribution is -0.167. The fourth-order valence-corrected chi connectivity index (χ4v) is 9.55. The van der Waals surface area contributed by atoms with Crippen molar-refractivity contribution < 1.29 is 28.6 Å². The molecule has 0 aliphatic rings. The predicted octanol–water partition coefficient (Wildman–Crippen LogP) is 20.4. The minimum atomic E-state index is -0.763. The van der Waals surface area contributed by atoms with Gasteiger partial charge in [-0.2, -0.15) is 0 Å². The molecule has 0 heterocycles. The van der Waals surface area contributed by atoms with Crippen LogP contribution in [0.2, 0.25) is 0 Å². The predicted molar refractivity (Wildman–Crippen MR) is 293 cm³/mol. The third-order valence-electron chi connectivity index (χ3n) is 14.6. The summed E-state index contributed by atoms with van der Waals surface area (Å²) in [7, 11) is 0. The zero-order valence-electron chi connectivity index (χ0n) is 46.7. The van der Waals surface area contributed by atoms with Crippen LogP contribution < -0.4 is 0 Å². The van der Waals surface area contributed by atoms with E-state index in [1.165, 1.54) is 238 Å². The summed E-state index contributed by atoms with van der Waals surface area (Å²) >= 11 is 0. The van der Waals surface area contributed by atoms with Crippen LogP contribution in [0.15, 0.2) is 0 Å². The molecule has 2 atom stereocenters. The first-order valence-electron chi connectivity index (χ1n) is 30.8. The number of carbonyl (C=O) groups excluding carboxylic acids is 3. The number of rotatable bonds is 56. The molecule has 0 N–H and O–H groups in total. The van der Waals surface area contributed by atoms with Gasteiger partial charge in [-0.25, -0.2) is 0 Å². The van der Waals surface area contributed by atoms with Gasteiger partial charge in [0, 0.05) is 19.3 Å². The first-order valence-corrected chi connectivity index (χ1v) is 30.8. The molecule has 1 unspecified atom stereocenters. The van der Waals surface area contributed by atoms with Crippen molar-refractivity contribution in [3.8, 4) is 0 Å². The monoisotopic (exact) mass is 961 g/mol. The Bertz CT molecular complexity index is 1040. The summed E-state index contributed by atoms with van der Waals surface area (Å²) in [5.74, 6) is 0.914. The van der Waals surface area contributed by atoms with Crippen molar-refractivity contribution in [3.63, 3.8) is 0 Å². The van der Waals surface area contributed by atoms with E-state index in [0.717, 1.165) is 69.6 Å². The molecule has 0 saturated carbocycles. The van der Waals surface area contributed by atoms with E-state index in [0.29, 0.717) is 19.3 Å². The van der Waals surface area contributed by atoms with Crippen molar-refractivity contribution in [1.82, 2.24) is 0 Å². The molecule has 68 heavy (non-hydrogen) atoms. The van der Waals surface area contributed by atoms with E-state index < -0.39 is 6.10 Å². The molecule has 0 aromatic rings. The Morgan fingerprint density at radius 3 is 0.838 bits per heavy atom. The Labute approximate surface area is 425 Å². The van der Waals surface area contributed by atoms with Crippen LogP contribution in [-0.4, -0.2) is 37.2 Å². The van der Waals surface area contributed by atoms with Gasteiger partial charge in [-0.05, 0) is 31.1 Å². The molecule has 0 saturated heterocycles. The zero-order chi connectivity index (χ0) is 49.6. The number of unbranched alkanes of at least 4 members (excludes halogenated alkanes) is 40. The molecular formula is C62H120O6. The number of ether oxygens (including phenoxy) is 3. The van der Waals surface area contributed by atoms with E-state index in [4.69, 9.17) is 14.2 Å². The minimum Gasteiger partial charge on any atom is -0.462 e. The summed E-state index contributed by atoms with van der Waals surface area (Å²) in [5, 5.41) is 0. The Kier molecular flexibility index (Phi) is 53.5. The van der Waals surface area contributed by atoms with E-state index in [9.17, 15) is 14.4 Å². The van der Waals surface area contributed by atoms with E-state index in [2.05, 4.69) is 34.6 Å². The first-order chi connectivity index (χ1) is 33.3. The molecule has 0 aliphatic carbocycles. The van der Waals surface area contributed by atoms with Gasteiger partial charge in [0.25, 0.3) is 0 Å². The summed E-state index contributed by atoms with van der Waals surface area (Å²) in [6.07, 6.45) is 59.5. The van der Waals surface area contributed by atoms with Gasteiger partial charge in [-0.15, -0.1) is 0 Å². The molecular weight excluding hydrogens is 841 g/mol. The lowest BCUT2D eigenvalue weighted by atomic mass is 9.99. The highest BCUT2D eigenvalue weighted by molar-refractivity contribution is 5.71. The molecule has 0 fully saturated rings. The van der Waals surface area contributed by atoms with Crippen LogP contribution in [0.1, 0.15) is 349 Å². The third-order valence-corrected chi connectivity index (χ3v) is 14.6. The summed E-state index contributed by atoms with van der Waals surface area (Å²) in [6.45, 7) is 11.5. The smallest absolute Gasteiger partial charge is 0.306 e. The summed E-state index contributed by atoms with van der Waals surface area (Å²) in [5.41, 5.74) is 0. The molecule has 0 amide bonds. The fourth-order valence-electron chi connectivity index (χ4n) is 9.55. The summed E-state index contributed by atoms with van der Waals surface area (Å²) < 4.78 is 16.9. The van der Waals surface area contributed by atoms with Gasteiger partial charge in [-0.1, -0.05) is 311 Å². The van der Waals surface area contributed by atoms with Gasteiger partial charge < -0.3 is 14.2 Å². The van der Waals surface area contributed by atoms with Crippen LogP contribution in [0.5, 0.6) is 0 Å². The van der Waals surface area contributed by atoms with Crippen LogP contribution in [0, 0.1) is 11.8 Å². The SMILES string of the molecule is CCCCCCCCCCCCCCCC(=O)OC[C@@H](COC(=O)CCCCCCCCCCCCCCCCC(C)CC)OC(=O)CCCCCCCCCCCCCCCCCCC(C)C. The highest BCUT2D eigenvalue weighted by Gasteiger charge is 2.19. The topological polar surface area (TPSA) is 78.9 Å². The minimum absolute atomic E-state index is 0.0621. The Hall–Kier alpha value is -1.59. The Morgan fingerprint density at radius 2 is 0.559 bits per heavy atom. The molecule has 404 valence electrons. The highest BCUT2D eigenvalue weighted by Crippen LogP contribution is 2.19. The molecule has 0 bridgehead atoms. The van der Waals surface area contributed by atoms with Crippen molar-refractivity contribution in [3.05, 3.63) is 0 Å². The second kappa shape index (κ2) is 54.7. The molecule has 0 aliphatic heterocycles. The van der Waals surface area contributed by atoms with Crippen molar-refractivity contribution in [2.24, 2.45) is 11.8 Å². The Balaban J connectivity index is 4.28. The number of hydrogen-bond acceptors (Lipinski definition) is 6. The molecule has 6 heteroatoms. The lowest BCUT2D eigenvalue weighted by Crippen LogP contribution is -2.30. The van der Waals surface area contributed by atoms with E-state index in [1.807, 2.05) is 0 Å². The van der Waals surface area contributed by atoms with Crippen molar-refractivity contribution in [2.75, 3.05) is 13.2 Å². The average Bonchev–Trinajstić information content (AvgIpc) is 3.32. The van der Waals surface area contributed by atoms with Crippen LogP contribution >= 0.6 is 0 Å². The summed E-state index contributed by atoms with van der Waals surface area (Å²) in [4.78, 5) is 38.2. The molecule has 0 aromatic carbocycles. The van der Waals surface area contributed by atoms with Crippen molar-refractivity contribution in [2.45, 2.75) is 355 Å². The third kappa shape index (κ3) is 53.8. The maximum Gasteiger partial charge on any atom is 0.306 e. The number of esters is 3. The van der Waals surface area contributed by atoms with E-state index >= 15 is 0 Å². The van der Waals surface area contributed by atoms with Crippen molar-refractivity contribution in [1.29, 1.82) is 0 Å². The standard InChI is InChI=1S/C62H120O6/c1-6-8-9-10-11-12-13-20-27-32-37-42-47-52-60(63)66-55-59(56-67-61(64)53-48-43-38-33-28-23-19-18-22-26-31-36-41-46-51-58(5)7-2)68-62(65)54-49-44-39-34-29-24-17-15-14-16-21-25-30-35-40-45-50-57(3)4/h57-59H,6-56H2,1-5H3/t58?,59-/m0/s1.